The summed E-state index contributed by atoms with van der Waals surface area (Å²) in [7, 11) is -3.70. The third-order valence-corrected chi connectivity index (χ3v) is 4.50. The maximum atomic E-state index is 12.2. The minimum atomic E-state index is -3.70. The first-order valence-corrected chi connectivity index (χ1v) is 7.84. The van der Waals surface area contributed by atoms with Crippen LogP contribution in [0.1, 0.15) is 5.56 Å². The lowest BCUT2D eigenvalue weighted by atomic mass is 10.2. The van der Waals surface area contributed by atoms with Gasteiger partial charge in [0.25, 0.3) is 10.0 Å². The van der Waals surface area contributed by atoms with Gasteiger partial charge >= 0.3 is 0 Å². The third kappa shape index (κ3) is 3.27. The van der Waals surface area contributed by atoms with Gasteiger partial charge in [-0.3, -0.25) is 4.72 Å². The molecule has 7 heteroatoms. The van der Waals surface area contributed by atoms with Crippen LogP contribution < -0.4 is 10.5 Å². The van der Waals surface area contributed by atoms with E-state index in [2.05, 4.69) is 4.72 Å². The first-order valence-electron chi connectivity index (χ1n) is 5.57. The van der Waals surface area contributed by atoms with Crippen molar-refractivity contribution in [2.75, 3.05) is 4.72 Å². The number of nitrogens with one attached hydrogen (secondary N) is 1. The Morgan fingerprint density at radius 1 is 1.15 bits per heavy atom. The van der Waals surface area contributed by atoms with Crippen LogP contribution in [0, 0.1) is 0 Å². The molecule has 2 aromatic carbocycles. The molecule has 0 fully saturated rings. The Morgan fingerprint density at radius 2 is 1.80 bits per heavy atom. The van der Waals surface area contributed by atoms with Crippen molar-refractivity contribution in [1.82, 2.24) is 0 Å². The van der Waals surface area contributed by atoms with Crippen molar-refractivity contribution in [3.63, 3.8) is 0 Å². The predicted molar refractivity (Wildman–Crippen MR) is 84.6 cm³/mol. The SMILES string of the molecule is NC(=S)c1ccc(Cl)c(NS(=O)(=O)c2ccccc2)c1. The lowest BCUT2D eigenvalue weighted by molar-refractivity contribution is 0.601. The van der Waals surface area contributed by atoms with Gasteiger partial charge in [-0.05, 0) is 24.3 Å². The monoisotopic (exact) mass is 326 g/mol. The Labute approximate surface area is 127 Å². The molecule has 0 unspecified atom stereocenters. The molecule has 0 heterocycles. The van der Waals surface area contributed by atoms with Crippen molar-refractivity contribution in [3.05, 3.63) is 59.1 Å². The highest BCUT2D eigenvalue weighted by atomic mass is 35.5. The average Bonchev–Trinajstić information content (AvgIpc) is 2.42. The zero-order valence-corrected chi connectivity index (χ0v) is 12.6. The van der Waals surface area contributed by atoms with Crippen molar-refractivity contribution in [2.24, 2.45) is 5.73 Å². The van der Waals surface area contributed by atoms with Crippen molar-refractivity contribution in [2.45, 2.75) is 4.90 Å². The van der Waals surface area contributed by atoms with E-state index in [0.29, 0.717) is 5.56 Å². The Balaban J connectivity index is 2.39. The van der Waals surface area contributed by atoms with Crippen molar-refractivity contribution in [1.29, 1.82) is 0 Å². The van der Waals surface area contributed by atoms with Gasteiger partial charge in [0.1, 0.15) is 4.99 Å². The summed E-state index contributed by atoms with van der Waals surface area (Å²) in [5.41, 5.74) is 6.29. The first-order chi connectivity index (χ1) is 9.40. The van der Waals surface area contributed by atoms with Gasteiger partial charge < -0.3 is 5.73 Å². The van der Waals surface area contributed by atoms with E-state index < -0.39 is 10.0 Å². The number of hydrogen-bond donors (Lipinski definition) is 2. The first kappa shape index (κ1) is 14.8. The second-order valence-corrected chi connectivity index (χ2v) is 6.51. The highest BCUT2D eigenvalue weighted by Crippen LogP contribution is 2.25. The molecule has 3 N–H and O–H groups in total. The van der Waals surface area contributed by atoms with Crippen molar-refractivity contribution >= 4 is 44.5 Å². The van der Waals surface area contributed by atoms with Crippen LogP contribution in [0.3, 0.4) is 0 Å². The fraction of sp³-hybridized carbons (Fsp3) is 0. The van der Waals surface area contributed by atoms with E-state index >= 15 is 0 Å². The molecule has 0 aliphatic heterocycles. The molecule has 0 saturated carbocycles. The zero-order valence-electron chi connectivity index (χ0n) is 10.2. The van der Waals surface area contributed by atoms with E-state index in [1.54, 1.807) is 30.3 Å². The van der Waals surface area contributed by atoms with E-state index in [4.69, 9.17) is 29.6 Å². The molecule has 2 rings (SSSR count). The Hall–Kier alpha value is -1.63. The van der Waals surface area contributed by atoms with Crippen LogP contribution in [-0.2, 0) is 10.0 Å². The minimum Gasteiger partial charge on any atom is -0.389 e. The van der Waals surface area contributed by atoms with E-state index in [1.807, 2.05) is 0 Å². The molecule has 0 saturated heterocycles. The topological polar surface area (TPSA) is 72.2 Å². The quantitative estimate of drug-likeness (QED) is 0.847. The summed E-state index contributed by atoms with van der Waals surface area (Å²) in [5, 5.41) is 0.268. The van der Waals surface area contributed by atoms with Gasteiger partial charge in [0.05, 0.1) is 15.6 Å². The summed E-state index contributed by atoms with van der Waals surface area (Å²) in [4.78, 5) is 0.318. The van der Waals surface area contributed by atoms with Crippen molar-refractivity contribution < 1.29 is 8.42 Å². The molecule has 104 valence electrons. The van der Waals surface area contributed by atoms with Gasteiger partial charge in [-0.2, -0.15) is 0 Å². The van der Waals surface area contributed by atoms with Crippen LogP contribution in [0.4, 0.5) is 5.69 Å². The van der Waals surface area contributed by atoms with Gasteiger partial charge in [0, 0.05) is 5.56 Å². The molecule has 0 aliphatic rings. The third-order valence-electron chi connectivity index (χ3n) is 2.55. The second-order valence-electron chi connectivity index (χ2n) is 3.98. The zero-order chi connectivity index (χ0) is 14.8. The molecule has 20 heavy (non-hydrogen) atoms. The number of rotatable bonds is 4. The molecule has 0 radical (unpaired) electrons. The molecule has 0 aliphatic carbocycles. The maximum absolute atomic E-state index is 12.2. The van der Waals surface area contributed by atoms with Crippen LogP contribution >= 0.6 is 23.8 Å². The van der Waals surface area contributed by atoms with Crippen LogP contribution in [0.5, 0.6) is 0 Å². The van der Waals surface area contributed by atoms with Crippen LogP contribution in [-0.4, -0.2) is 13.4 Å². The predicted octanol–water partition coefficient (Wildman–Crippen LogP) is 2.78. The van der Waals surface area contributed by atoms with Gasteiger partial charge in [-0.25, -0.2) is 8.42 Å². The average molecular weight is 327 g/mol. The van der Waals surface area contributed by atoms with E-state index in [1.165, 1.54) is 18.2 Å². The van der Waals surface area contributed by atoms with Gasteiger partial charge in [-0.1, -0.05) is 48.1 Å². The standard InChI is InChI=1S/C13H11ClN2O2S2/c14-11-7-6-9(13(15)19)8-12(11)16-20(17,18)10-4-2-1-3-5-10/h1-8,16H,(H2,15,19). The number of sulfonamides is 1. The summed E-state index contributed by atoms with van der Waals surface area (Å²) >= 11 is 10.8. The lowest BCUT2D eigenvalue weighted by Gasteiger charge is -2.11. The number of anilines is 1. The molecule has 0 atom stereocenters. The summed E-state index contributed by atoms with van der Waals surface area (Å²) in [6.45, 7) is 0. The molecule has 0 spiro atoms. The second kappa shape index (κ2) is 5.78. The number of hydrogen-bond acceptors (Lipinski definition) is 3. The summed E-state index contributed by atoms with van der Waals surface area (Å²) in [6.07, 6.45) is 0. The molecule has 0 aromatic heterocycles. The number of thiocarbonyl (C=S) groups is 1. The number of nitrogens with two attached hydrogens (primary N) is 1. The Bertz CT molecular complexity index is 746. The molecular formula is C13H11ClN2O2S2. The fourth-order valence-corrected chi connectivity index (χ4v) is 3.00. The van der Waals surface area contributed by atoms with Gasteiger partial charge in [0.2, 0.25) is 0 Å². The van der Waals surface area contributed by atoms with Crippen LogP contribution in [0.25, 0.3) is 0 Å². The summed E-state index contributed by atoms with van der Waals surface area (Å²) in [6, 6.07) is 12.7. The summed E-state index contributed by atoms with van der Waals surface area (Å²) < 4.78 is 26.8. The maximum Gasteiger partial charge on any atom is 0.261 e. The Morgan fingerprint density at radius 3 is 2.40 bits per heavy atom. The van der Waals surface area contributed by atoms with Gasteiger partial charge in [-0.15, -0.1) is 0 Å². The summed E-state index contributed by atoms with van der Waals surface area (Å²) in [5.74, 6) is 0. The van der Waals surface area contributed by atoms with E-state index in [0.717, 1.165) is 0 Å². The molecule has 0 amide bonds. The molecule has 0 bridgehead atoms. The highest BCUT2D eigenvalue weighted by Gasteiger charge is 2.15. The fourth-order valence-electron chi connectivity index (χ4n) is 1.56. The lowest BCUT2D eigenvalue weighted by Crippen LogP contribution is -2.15. The normalized spacial score (nSPS) is 11.1. The molecule has 2 aromatic rings. The van der Waals surface area contributed by atoms with Crippen LogP contribution in [0.2, 0.25) is 5.02 Å². The largest absolute Gasteiger partial charge is 0.389 e. The van der Waals surface area contributed by atoms with Crippen LogP contribution in [0.15, 0.2) is 53.4 Å². The smallest absolute Gasteiger partial charge is 0.261 e. The number of halogens is 1. The van der Waals surface area contributed by atoms with E-state index in [-0.39, 0.29) is 20.6 Å². The van der Waals surface area contributed by atoms with E-state index in [9.17, 15) is 8.42 Å². The highest BCUT2D eigenvalue weighted by molar-refractivity contribution is 7.92. The molecule has 4 nitrogen and oxygen atoms in total. The molecular weight excluding hydrogens is 316 g/mol. The Kier molecular flexibility index (Phi) is 4.27. The van der Waals surface area contributed by atoms with Crippen molar-refractivity contribution in [3.8, 4) is 0 Å². The minimum absolute atomic E-state index is 0.150. The number of benzene rings is 2. The van der Waals surface area contributed by atoms with Gasteiger partial charge in [0.15, 0.2) is 0 Å².